The van der Waals surface area contributed by atoms with E-state index in [0.717, 1.165) is 16.6 Å². The second kappa shape index (κ2) is 5.97. The molecule has 0 spiro atoms. The van der Waals surface area contributed by atoms with E-state index >= 15 is 0 Å². The predicted octanol–water partition coefficient (Wildman–Crippen LogP) is 3.97. The molecule has 4 heteroatoms. The number of nitrogens with zero attached hydrogens (tertiary/aromatic N) is 1. The molecule has 0 aliphatic carbocycles. The summed E-state index contributed by atoms with van der Waals surface area (Å²) in [6, 6.07) is 7.70. The van der Waals surface area contributed by atoms with Gasteiger partial charge in [0, 0.05) is 22.6 Å². The van der Waals surface area contributed by atoms with Crippen molar-refractivity contribution in [2.45, 2.75) is 20.3 Å². The molecule has 0 aliphatic rings. The number of hydrogen-bond acceptors (Lipinski definition) is 2. The molecule has 1 aromatic carbocycles. The minimum Gasteiger partial charge on any atom is -0.322 e. The summed E-state index contributed by atoms with van der Waals surface area (Å²) < 4.78 is 0.790. The molecule has 0 aliphatic heterocycles. The first-order chi connectivity index (χ1) is 9.10. The van der Waals surface area contributed by atoms with E-state index in [1.165, 1.54) is 11.1 Å². The fourth-order valence-corrected chi connectivity index (χ4v) is 2.23. The van der Waals surface area contributed by atoms with E-state index in [0.29, 0.717) is 5.56 Å². The van der Waals surface area contributed by atoms with Crippen LogP contribution in [0.25, 0.3) is 0 Å². The van der Waals surface area contributed by atoms with Crippen LogP contribution in [0.4, 0.5) is 5.69 Å². The number of anilines is 1. The van der Waals surface area contributed by atoms with Gasteiger partial charge < -0.3 is 5.32 Å². The highest BCUT2D eigenvalue weighted by molar-refractivity contribution is 9.10. The summed E-state index contributed by atoms with van der Waals surface area (Å²) in [4.78, 5) is 16.1. The van der Waals surface area contributed by atoms with Gasteiger partial charge in [0.2, 0.25) is 0 Å². The predicted molar refractivity (Wildman–Crippen MR) is 80.4 cm³/mol. The first-order valence-electron chi connectivity index (χ1n) is 6.11. The van der Waals surface area contributed by atoms with Crippen molar-refractivity contribution in [3.8, 4) is 0 Å². The lowest BCUT2D eigenvalue weighted by molar-refractivity contribution is 0.102. The third-order valence-corrected chi connectivity index (χ3v) is 3.39. The van der Waals surface area contributed by atoms with Crippen LogP contribution in [0, 0.1) is 6.92 Å². The van der Waals surface area contributed by atoms with E-state index in [1.54, 1.807) is 18.5 Å². The molecule has 1 N–H and O–H groups in total. The normalized spacial score (nSPS) is 10.3. The first-order valence-corrected chi connectivity index (χ1v) is 6.91. The number of carbonyl (C=O) groups excluding carboxylic acids is 1. The largest absolute Gasteiger partial charge is 0.322 e. The van der Waals surface area contributed by atoms with Crippen LogP contribution in [0.3, 0.4) is 0 Å². The Balaban J connectivity index is 2.19. The molecule has 0 radical (unpaired) electrons. The Morgan fingerprint density at radius 2 is 2.11 bits per heavy atom. The van der Waals surface area contributed by atoms with Crippen molar-refractivity contribution >= 4 is 27.5 Å². The van der Waals surface area contributed by atoms with Gasteiger partial charge in [-0.05, 0) is 58.6 Å². The van der Waals surface area contributed by atoms with Crippen LogP contribution in [-0.4, -0.2) is 10.9 Å². The highest BCUT2D eigenvalue weighted by atomic mass is 79.9. The zero-order valence-electron chi connectivity index (χ0n) is 10.9. The molecular formula is C15H15BrN2O. The molecule has 1 aromatic heterocycles. The van der Waals surface area contributed by atoms with Gasteiger partial charge in [-0.15, -0.1) is 0 Å². The average Bonchev–Trinajstić information content (AvgIpc) is 2.41. The van der Waals surface area contributed by atoms with E-state index in [4.69, 9.17) is 0 Å². The summed E-state index contributed by atoms with van der Waals surface area (Å²) in [7, 11) is 0. The molecule has 0 saturated carbocycles. The number of amides is 1. The SMILES string of the molecule is CCc1cc(NC(=O)c2cncc(Br)c2)ccc1C. The fraction of sp³-hybridized carbons (Fsp3) is 0.200. The van der Waals surface area contributed by atoms with Crippen molar-refractivity contribution in [3.63, 3.8) is 0 Å². The van der Waals surface area contributed by atoms with E-state index in [9.17, 15) is 4.79 Å². The van der Waals surface area contributed by atoms with Gasteiger partial charge in [0.25, 0.3) is 5.91 Å². The molecule has 0 fully saturated rings. The Labute approximate surface area is 121 Å². The Hall–Kier alpha value is -1.68. The number of pyridine rings is 1. The molecule has 2 aromatic rings. The van der Waals surface area contributed by atoms with Crippen molar-refractivity contribution < 1.29 is 4.79 Å². The summed E-state index contributed by atoms with van der Waals surface area (Å²) in [5.74, 6) is -0.153. The molecule has 3 nitrogen and oxygen atoms in total. The number of rotatable bonds is 3. The van der Waals surface area contributed by atoms with Gasteiger partial charge in [0.1, 0.15) is 0 Å². The number of nitrogens with one attached hydrogen (secondary N) is 1. The Morgan fingerprint density at radius 3 is 2.79 bits per heavy atom. The van der Waals surface area contributed by atoms with Gasteiger partial charge in [0.15, 0.2) is 0 Å². The standard InChI is InChI=1S/C15H15BrN2O/c1-3-11-7-14(5-4-10(11)2)18-15(19)12-6-13(16)9-17-8-12/h4-9H,3H2,1-2H3,(H,18,19). The summed E-state index contributed by atoms with van der Waals surface area (Å²) in [6.45, 7) is 4.18. The minimum atomic E-state index is -0.153. The van der Waals surface area contributed by atoms with Gasteiger partial charge in [-0.1, -0.05) is 13.0 Å². The number of halogens is 1. The quantitative estimate of drug-likeness (QED) is 0.930. The van der Waals surface area contributed by atoms with Crippen molar-refractivity contribution in [2.24, 2.45) is 0 Å². The third kappa shape index (κ3) is 3.41. The van der Waals surface area contributed by atoms with E-state index in [1.807, 2.05) is 18.2 Å². The summed E-state index contributed by atoms with van der Waals surface area (Å²) in [6.07, 6.45) is 4.15. The maximum atomic E-state index is 12.1. The Kier molecular flexibility index (Phi) is 4.32. The van der Waals surface area contributed by atoms with Gasteiger partial charge in [-0.2, -0.15) is 0 Å². The number of benzene rings is 1. The van der Waals surface area contributed by atoms with Crippen molar-refractivity contribution in [1.82, 2.24) is 4.98 Å². The average molecular weight is 319 g/mol. The molecule has 0 saturated heterocycles. The van der Waals surface area contributed by atoms with Gasteiger partial charge in [-0.25, -0.2) is 0 Å². The molecule has 1 amide bonds. The lowest BCUT2D eigenvalue weighted by atomic mass is 10.1. The number of hydrogen-bond donors (Lipinski definition) is 1. The summed E-state index contributed by atoms with van der Waals surface area (Å²) in [5, 5.41) is 2.89. The van der Waals surface area contributed by atoms with Crippen LogP contribution < -0.4 is 5.32 Å². The first kappa shape index (κ1) is 13.7. The topological polar surface area (TPSA) is 42.0 Å². The Morgan fingerprint density at radius 1 is 1.32 bits per heavy atom. The van der Waals surface area contributed by atoms with Crippen LogP contribution in [0.5, 0.6) is 0 Å². The van der Waals surface area contributed by atoms with Gasteiger partial charge in [-0.3, -0.25) is 9.78 Å². The lowest BCUT2D eigenvalue weighted by Gasteiger charge is -2.09. The van der Waals surface area contributed by atoms with E-state index in [2.05, 4.69) is 40.1 Å². The third-order valence-electron chi connectivity index (χ3n) is 2.95. The summed E-state index contributed by atoms with van der Waals surface area (Å²) >= 11 is 3.31. The Bertz CT molecular complexity index is 611. The van der Waals surface area contributed by atoms with E-state index in [-0.39, 0.29) is 5.91 Å². The second-order valence-corrected chi connectivity index (χ2v) is 5.26. The van der Waals surface area contributed by atoms with Crippen molar-refractivity contribution in [3.05, 3.63) is 57.8 Å². The zero-order chi connectivity index (χ0) is 13.8. The highest BCUT2D eigenvalue weighted by Crippen LogP contribution is 2.17. The van der Waals surface area contributed by atoms with Crippen LogP contribution in [0.2, 0.25) is 0 Å². The molecule has 0 unspecified atom stereocenters. The minimum absolute atomic E-state index is 0.153. The van der Waals surface area contributed by atoms with Gasteiger partial charge >= 0.3 is 0 Å². The molecule has 1 heterocycles. The van der Waals surface area contributed by atoms with E-state index < -0.39 is 0 Å². The monoisotopic (exact) mass is 318 g/mol. The lowest BCUT2D eigenvalue weighted by Crippen LogP contribution is -2.12. The maximum absolute atomic E-state index is 12.1. The van der Waals surface area contributed by atoms with Crippen LogP contribution in [-0.2, 0) is 6.42 Å². The molecule has 0 atom stereocenters. The number of aryl methyl sites for hydroxylation is 2. The molecule has 2 rings (SSSR count). The van der Waals surface area contributed by atoms with Crippen molar-refractivity contribution in [2.75, 3.05) is 5.32 Å². The number of carbonyl (C=O) groups is 1. The van der Waals surface area contributed by atoms with Crippen molar-refractivity contribution in [1.29, 1.82) is 0 Å². The zero-order valence-corrected chi connectivity index (χ0v) is 12.5. The van der Waals surface area contributed by atoms with Crippen LogP contribution in [0.15, 0.2) is 41.1 Å². The highest BCUT2D eigenvalue weighted by Gasteiger charge is 2.07. The van der Waals surface area contributed by atoms with Crippen LogP contribution >= 0.6 is 15.9 Å². The fourth-order valence-electron chi connectivity index (χ4n) is 1.87. The molecule has 19 heavy (non-hydrogen) atoms. The molecule has 0 bridgehead atoms. The molecule has 98 valence electrons. The smallest absolute Gasteiger partial charge is 0.257 e. The second-order valence-electron chi connectivity index (χ2n) is 4.34. The number of aromatic nitrogens is 1. The van der Waals surface area contributed by atoms with Gasteiger partial charge in [0.05, 0.1) is 5.56 Å². The maximum Gasteiger partial charge on any atom is 0.257 e. The van der Waals surface area contributed by atoms with Crippen LogP contribution in [0.1, 0.15) is 28.4 Å². The molecular weight excluding hydrogens is 304 g/mol. The summed E-state index contributed by atoms with van der Waals surface area (Å²) in [5.41, 5.74) is 3.83.